The van der Waals surface area contributed by atoms with E-state index in [4.69, 9.17) is 44.3 Å². The number of hydrogen-bond acceptors (Lipinski definition) is 7. The van der Waals surface area contributed by atoms with E-state index >= 15 is 0 Å². The van der Waals surface area contributed by atoms with Crippen LogP contribution in [0.4, 0.5) is 0 Å². The van der Waals surface area contributed by atoms with Gasteiger partial charge in [0.2, 0.25) is 0 Å². The Balaban J connectivity index is 0.000000503. The Hall–Kier alpha value is -3.18. The number of carboxylic acid groups (broad SMARTS) is 4. The number of piperidine rings is 1. The Bertz CT molecular complexity index is 812. The van der Waals surface area contributed by atoms with E-state index in [2.05, 4.69) is 48.2 Å². The summed E-state index contributed by atoms with van der Waals surface area (Å²) in [6.07, 6.45) is 12.0. The first-order valence-electron chi connectivity index (χ1n) is 13.0. The number of rotatable bonds is 8. The first-order valence-corrected chi connectivity index (χ1v) is 13.0. The van der Waals surface area contributed by atoms with Crippen LogP contribution in [0.1, 0.15) is 56.9 Å². The third-order valence-corrected chi connectivity index (χ3v) is 6.70. The predicted molar refractivity (Wildman–Crippen MR) is 141 cm³/mol. The van der Waals surface area contributed by atoms with Gasteiger partial charge in [-0.1, -0.05) is 18.6 Å². The van der Waals surface area contributed by atoms with E-state index < -0.39 is 23.9 Å². The Morgan fingerprint density at radius 2 is 1.32 bits per heavy atom. The van der Waals surface area contributed by atoms with Crippen molar-refractivity contribution in [1.82, 2.24) is 9.80 Å². The van der Waals surface area contributed by atoms with Gasteiger partial charge in [-0.05, 0) is 102 Å². The highest BCUT2D eigenvalue weighted by Gasteiger charge is 2.22. The predicted octanol–water partition coefficient (Wildman–Crippen LogP) is 2.92. The van der Waals surface area contributed by atoms with Gasteiger partial charge in [0.1, 0.15) is 5.75 Å². The Morgan fingerprint density at radius 3 is 1.76 bits per heavy atom. The number of ether oxygens (including phenoxy) is 1. The molecule has 0 aromatic heterocycles. The Kier molecular flexibility index (Phi) is 15.7. The largest absolute Gasteiger partial charge is 0.494 e. The van der Waals surface area contributed by atoms with E-state index in [9.17, 15) is 0 Å². The van der Waals surface area contributed by atoms with Crippen LogP contribution in [0.15, 0.2) is 24.3 Å². The van der Waals surface area contributed by atoms with E-state index in [0.29, 0.717) is 0 Å². The zero-order valence-electron chi connectivity index (χ0n) is 22.4. The highest BCUT2D eigenvalue weighted by atomic mass is 16.5. The summed E-state index contributed by atoms with van der Waals surface area (Å²) in [6.45, 7) is 4.59. The highest BCUT2D eigenvalue weighted by Crippen LogP contribution is 2.29. The average molecular weight is 539 g/mol. The second-order valence-corrected chi connectivity index (χ2v) is 9.81. The number of benzene rings is 1. The molecule has 1 aliphatic heterocycles. The van der Waals surface area contributed by atoms with Crippen molar-refractivity contribution in [2.45, 2.75) is 63.8 Å². The number of likely N-dealkylation sites (tertiary alicyclic amines) is 1. The van der Waals surface area contributed by atoms with Crippen LogP contribution in [0, 0.1) is 5.92 Å². The molecule has 11 heteroatoms. The summed E-state index contributed by atoms with van der Waals surface area (Å²) < 4.78 is 5.95. The quantitative estimate of drug-likeness (QED) is 0.284. The second-order valence-electron chi connectivity index (χ2n) is 9.81. The first-order chi connectivity index (χ1) is 18.0. The molecule has 1 aromatic carbocycles. The molecule has 0 atom stereocenters. The van der Waals surface area contributed by atoms with Gasteiger partial charge >= 0.3 is 23.9 Å². The van der Waals surface area contributed by atoms with Crippen LogP contribution in [0.25, 0.3) is 0 Å². The van der Waals surface area contributed by atoms with Gasteiger partial charge in [-0.25, -0.2) is 19.2 Å². The number of hydrogen-bond donors (Lipinski definition) is 4. The SMILES string of the molecule is CN(C)C1CCC(Cc2ccc(OCCCN3CCCCC3)cc2)CC1.O=C(O)C(=O)O.O=C(O)C(=O)O. The fourth-order valence-corrected chi connectivity index (χ4v) is 4.58. The maximum atomic E-state index is 9.10. The molecule has 214 valence electrons. The van der Waals surface area contributed by atoms with Crippen LogP contribution in [0.3, 0.4) is 0 Å². The molecule has 38 heavy (non-hydrogen) atoms. The van der Waals surface area contributed by atoms with Crippen molar-refractivity contribution in [2.75, 3.05) is 40.3 Å². The molecule has 0 unspecified atom stereocenters. The molecular weight excluding hydrogens is 496 g/mol. The van der Waals surface area contributed by atoms with E-state index in [0.717, 1.165) is 30.7 Å². The van der Waals surface area contributed by atoms with Gasteiger partial charge in [-0.15, -0.1) is 0 Å². The van der Waals surface area contributed by atoms with Gasteiger partial charge in [0.05, 0.1) is 6.61 Å². The number of nitrogens with zero attached hydrogens (tertiary/aromatic N) is 2. The molecule has 0 spiro atoms. The van der Waals surface area contributed by atoms with Crippen molar-refractivity contribution in [1.29, 1.82) is 0 Å². The molecule has 2 aliphatic rings. The van der Waals surface area contributed by atoms with Crippen molar-refractivity contribution in [3.05, 3.63) is 29.8 Å². The molecular formula is C27H42N2O9. The smallest absolute Gasteiger partial charge is 0.414 e. The Labute approximate surface area is 224 Å². The molecule has 1 heterocycles. The topological polar surface area (TPSA) is 165 Å². The van der Waals surface area contributed by atoms with Gasteiger partial charge < -0.3 is 35.0 Å². The maximum Gasteiger partial charge on any atom is 0.414 e. The summed E-state index contributed by atoms with van der Waals surface area (Å²) in [7, 11) is 4.44. The molecule has 4 N–H and O–H groups in total. The van der Waals surface area contributed by atoms with Crippen molar-refractivity contribution in [3.8, 4) is 5.75 Å². The molecule has 0 amide bonds. The molecule has 1 saturated carbocycles. The first kappa shape index (κ1) is 32.8. The number of carbonyl (C=O) groups is 4. The van der Waals surface area contributed by atoms with Crippen molar-refractivity contribution in [2.24, 2.45) is 5.92 Å². The lowest BCUT2D eigenvalue weighted by Gasteiger charge is -2.32. The van der Waals surface area contributed by atoms with Crippen LogP contribution in [-0.2, 0) is 25.6 Å². The van der Waals surface area contributed by atoms with Crippen LogP contribution in [0.5, 0.6) is 5.75 Å². The summed E-state index contributed by atoms with van der Waals surface area (Å²) in [5, 5.41) is 29.6. The lowest BCUT2D eigenvalue weighted by atomic mass is 9.82. The zero-order chi connectivity index (χ0) is 28.5. The zero-order valence-corrected chi connectivity index (χ0v) is 22.4. The minimum atomic E-state index is -1.82. The second kappa shape index (κ2) is 18.1. The molecule has 1 aromatic rings. The van der Waals surface area contributed by atoms with Gasteiger partial charge in [0.15, 0.2) is 0 Å². The summed E-state index contributed by atoms with van der Waals surface area (Å²) in [6, 6.07) is 9.69. The van der Waals surface area contributed by atoms with Crippen molar-refractivity contribution in [3.63, 3.8) is 0 Å². The summed E-state index contributed by atoms with van der Waals surface area (Å²) >= 11 is 0. The highest BCUT2D eigenvalue weighted by molar-refractivity contribution is 6.27. The van der Waals surface area contributed by atoms with Crippen molar-refractivity contribution < 1.29 is 44.3 Å². The van der Waals surface area contributed by atoms with Crippen LogP contribution < -0.4 is 4.74 Å². The van der Waals surface area contributed by atoms with E-state index in [1.54, 1.807) is 0 Å². The molecule has 2 fully saturated rings. The van der Waals surface area contributed by atoms with Gasteiger partial charge in [0, 0.05) is 12.6 Å². The minimum Gasteiger partial charge on any atom is -0.494 e. The third-order valence-electron chi connectivity index (χ3n) is 6.70. The van der Waals surface area contributed by atoms with Gasteiger partial charge in [-0.2, -0.15) is 0 Å². The maximum absolute atomic E-state index is 9.10. The number of aliphatic carboxylic acids is 4. The third kappa shape index (κ3) is 14.5. The summed E-state index contributed by atoms with van der Waals surface area (Å²) in [5.74, 6) is -5.40. The fourth-order valence-electron chi connectivity index (χ4n) is 4.58. The Morgan fingerprint density at radius 1 is 0.816 bits per heavy atom. The monoisotopic (exact) mass is 538 g/mol. The number of carboxylic acids is 4. The van der Waals surface area contributed by atoms with Crippen LogP contribution in [-0.4, -0.2) is 100 Å². The summed E-state index contributed by atoms with van der Waals surface area (Å²) in [5.41, 5.74) is 1.47. The summed E-state index contributed by atoms with van der Waals surface area (Å²) in [4.78, 5) is 41.4. The normalized spacial score (nSPS) is 19.2. The lowest BCUT2D eigenvalue weighted by Crippen LogP contribution is -2.32. The van der Waals surface area contributed by atoms with E-state index in [1.165, 1.54) is 76.6 Å². The molecule has 1 saturated heterocycles. The van der Waals surface area contributed by atoms with Crippen LogP contribution in [0.2, 0.25) is 0 Å². The van der Waals surface area contributed by atoms with Crippen LogP contribution >= 0.6 is 0 Å². The van der Waals surface area contributed by atoms with E-state index in [1.807, 2.05) is 0 Å². The molecule has 0 radical (unpaired) electrons. The standard InChI is InChI=1S/C23H38N2O.2C2H2O4/c1-24(2)22-11-7-20(8-12-22)19-21-9-13-23(14-10-21)26-18-6-17-25-15-4-3-5-16-25;2*3-1(4)2(5)6/h9-10,13-14,20,22H,3-8,11-12,15-19H2,1-2H3;2*(H,3,4)(H,5,6). The van der Waals surface area contributed by atoms with E-state index in [-0.39, 0.29) is 0 Å². The minimum absolute atomic E-state index is 0.798. The lowest BCUT2D eigenvalue weighted by molar-refractivity contribution is -0.159. The van der Waals surface area contributed by atoms with Gasteiger partial charge in [0.25, 0.3) is 0 Å². The molecule has 11 nitrogen and oxygen atoms in total. The molecule has 3 rings (SSSR count). The van der Waals surface area contributed by atoms with Gasteiger partial charge in [-0.3, -0.25) is 0 Å². The average Bonchev–Trinajstić information content (AvgIpc) is 2.89. The fraction of sp³-hybridized carbons (Fsp3) is 0.630. The van der Waals surface area contributed by atoms with Crippen molar-refractivity contribution >= 4 is 23.9 Å². The molecule has 1 aliphatic carbocycles. The molecule has 0 bridgehead atoms.